The van der Waals surface area contributed by atoms with Gasteiger partial charge in [0.25, 0.3) is 0 Å². The van der Waals surface area contributed by atoms with Gasteiger partial charge in [-0.15, -0.1) is 0 Å². The molecule has 2 aromatic heterocycles. The number of carbonyl (C=O) groups excluding carboxylic acids is 2. The first-order chi connectivity index (χ1) is 25.1. The first-order valence-corrected chi connectivity index (χ1v) is 17.7. The number of benzene rings is 2. The molecule has 52 heavy (non-hydrogen) atoms. The highest BCUT2D eigenvalue weighted by Crippen LogP contribution is 2.31. The molecule has 0 atom stereocenters. The van der Waals surface area contributed by atoms with E-state index in [9.17, 15) is 9.59 Å². The molecular weight excluding hydrogens is 688 g/mol. The average Bonchev–Trinajstić information content (AvgIpc) is 3.62. The van der Waals surface area contributed by atoms with Crippen molar-refractivity contribution in [2.24, 2.45) is 0 Å². The molecule has 6 N–H and O–H groups in total. The average molecular weight is 735 g/mol. The largest absolute Gasteiger partial charge is 0.464 e. The Labute approximate surface area is 308 Å². The van der Waals surface area contributed by atoms with Crippen LogP contribution >= 0.6 is 11.6 Å². The maximum Gasteiger partial charge on any atom is 0.360 e. The summed E-state index contributed by atoms with van der Waals surface area (Å²) >= 11 is 6.11. The Morgan fingerprint density at radius 2 is 1.08 bits per heavy atom. The predicted octanol–water partition coefficient (Wildman–Crippen LogP) is 5.44. The maximum absolute atomic E-state index is 11.9. The van der Waals surface area contributed by atoms with Gasteiger partial charge in [0.1, 0.15) is 5.69 Å². The number of methoxy groups -OCH3 is 2. The van der Waals surface area contributed by atoms with Gasteiger partial charge in [-0.1, -0.05) is 97.9 Å². The van der Waals surface area contributed by atoms with Gasteiger partial charge in [0.15, 0.2) is 46.1 Å². The van der Waals surface area contributed by atoms with Gasteiger partial charge in [-0.05, 0) is 25.7 Å². The number of aromatic nitrogens is 4. The third-order valence-corrected chi connectivity index (χ3v) is 8.74. The molecule has 278 valence electrons. The van der Waals surface area contributed by atoms with Crippen LogP contribution in [0.15, 0.2) is 60.7 Å². The van der Waals surface area contributed by atoms with Crippen LogP contribution < -0.4 is 21.3 Å². The van der Waals surface area contributed by atoms with E-state index in [1.807, 2.05) is 36.4 Å². The van der Waals surface area contributed by atoms with E-state index in [0.29, 0.717) is 17.1 Å². The van der Waals surface area contributed by atoms with Crippen molar-refractivity contribution >= 4 is 46.8 Å². The van der Waals surface area contributed by atoms with Crippen molar-refractivity contribution in [2.45, 2.75) is 57.7 Å². The van der Waals surface area contributed by atoms with Crippen LogP contribution in [0, 0.1) is 0 Å². The minimum Gasteiger partial charge on any atom is -0.464 e. The minimum absolute atomic E-state index is 0.0360. The van der Waals surface area contributed by atoms with Gasteiger partial charge in [0, 0.05) is 37.3 Å². The van der Waals surface area contributed by atoms with E-state index in [1.54, 1.807) is 24.3 Å². The molecule has 0 unspecified atom stereocenters. The number of anilines is 4. The Bertz CT molecular complexity index is 1730. The molecule has 2 aliphatic rings. The highest BCUT2D eigenvalue weighted by atomic mass is 35.5. The van der Waals surface area contributed by atoms with Gasteiger partial charge in [0.2, 0.25) is 0 Å². The zero-order valence-corrected chi connectivity index (χ0v) is 30.3. The number of hydrogen-bond donors (Lipinski definition) is 4. The molecule has 0 aliphatic carbocycles. The van der Waals surface area contributed by atoms with Gasteiger partial charge in [-0.25, -0.2) is 29.5 Å². The molecule has 6 rings (SSSR count). The summed E-state index contributed by atoms with van der Waals surface area (Å²) < 4.78 is 9.36. The predicted molar refractivity (Wildman–Crippen MR) is 201 cm³/mol. The topological polar surface area (TPSA) is 203 Å². The van der Waals surface area contributed by atoms with E-state index in [2.05, 4.69) is 34.5 Å². The summed E-state index contributed by atoms with van der Waals surface area (Å²) in [5, 5.41) is 17.3. The van der Waals surface area contributed by atoms with Gasteiger partial charge < -0.3 is 41.0 Å². The van der Waals surface area contributed by atoms with Gasteiger partial charge in [-0.3, -0.25) is 0 Å². The Morgan fingerprint density at radius 3 is 1.52 bits per heavy atom. The van der Waals surface area contributed by atoms with Crippen LogP contribution in [0.5, 0.6) is 0 Å². The molecule has 0 radical (unpaired) electrons. The number of aliphatic hydroxyl groups is 2. The molecule has 14 nitrogen and oxygen atoms in total. The van der Waals surface area contributed by atoms with Crippen LogP contribution in [0.1, 0.15) is 84.2 Å². The molecule has 2 aromatic carbocycles. The van der Waals surface area contributed by atoms with Gasteiger partial charge >= 0.3 is 11.9 Å². The van der Waals surface area contributed by atoms with Crippen LogP contribution in [-0.2, 0) is 9.47 Å². The van der Waals surface area contributed by atoms with E-state index in [0.717, 1.165) is 63.2 Å². The number of carbonyl (C=O) groups is 2. The lowest BCUT2D eigenvalue weighted by atomic mass is 10.1. The van der Waals surface area contributed by atoms with Crippen molar-refractivity contribution < 1.29 is 29.3 Å². The molecule has 0 spiro atoms. The van der Waals surface area contributed by atoms with Gasteiger partial charge in [-0.2, -0.15) is 0 Å². The second kappa shape index (κ2) is 20.1. The highest BCUT2D eigenvalue weighted by molar-refractivity contribution is 6.32. The van der Waals surface area contributed by atoms with Crippen molar-refractivity contribution in [3.63, 3.8) is 0 Å². The Kier molecular flexibility index (Phi) is 15.4. The van der Waals surface area contributed by atoms with Crippen molar-refractivity contribution in [3.8, 4) is 11.3 Å². The molecule has 2 aliphatic heterocycles. The number of nitrogens with two attached hydrogens (primary N) is 2. The fourth-order valence-electron chi connectivity index (χ4n) is 5.75. The number of nitrogen functional groups attached to an aromatic ring is 2. The van der Waals surface area contributed by atoms with Crippen LogP contribution in [0.25, 0.3) is 11.3 Å². The molecule has 15 heteroatoms. The summed E-state index contributed by atoms with van der Waals surface area (Å²) in [7, 11) is 2.58. The summed E-state index contributed by atoms with van der Waals surface area (Å²) in [5.41, 5.74) is 13.9. The fraction of sp³-hybridized carbons (Fsp3) is 0.405. The quantitative estimate of drug-likeness (QED) is 0.144. The van der Waals surface area contributed by atoms with Crippen LogP contribution in [-0.4, -0.2) is 82.5 Å². The van der Waals surface area contributed by atoms with Crippen molar-refractivity contribution in [3.05, 3.63) is 82.8 Å². The van der Waals surface area contributed by atoms with Gasteiger partial charge in [0.05, 0.1) is 14.2 Å². The number of ether oxygens (including phenoxy) is 2. The normalized spacial score (nSPS) is 14.5. The zero-order chi connectivity index (χ0) is 37.5. The molecule has 0 saturated carbocycles. The van der Waals surface area contributed by atoms with Crippen molar-refractivity contribution in [1.29, 1.82) is 0 Å². The summed E-state index contributed by atoms with van der Waals surface area (Å²) in [4.78, 5) is 45.0. The molecule has 2 saturated heterocycles. The highest BCUT2D eigenvalue weighted by Gasteiger charge is 2.24. The van der Waals surface area contributed by atoms with Crippen LogP contribution in [0.4, 0.5) is 23.3 Å². The molecule has 0 bridgehead atoms. The second-order valence-electron chi connectivity index (χ2n) is 12.1. The lowest BCUT2D eigenvalue weighted by molar-refractivity contribution is -0.0424. The van der Waals surface area contributed by atoms with Crippen molar-refractivity contribution in [1.82, 2.24) is 19.9 Å². The standard InChI is InChI=1S/C18H22N4O2.C12H17ClN4O2.C7H8O2/c1-24-18(23)15-16(19)21-17(22-11-7-2-3-8-12-22)14(20-15)13-9-5-4-6-10-13;1-19-12(18)8-10(14)16-11(9(13)15-8)17-6-4-2-3-5-7-17;8-7(9)6-4-2-1-3-5-6/h4-6,9-10H,2-3,7-8,11-12H2,1H3,(H2,19,21);2-7H2,1H3,(H2,14,16);1-5,7-9H. The second-order valence-corrected chi connectivity index (χ2v) is 12.5. The van der Waals surface area contributed by atoms with E-state index in [1.165, 1.54) is 39.9 Å². The number of halogens is 1. The monoisotopic (exact) mass is 734 g/mol. The lowest BCUT2D eigenvalue weighted by Crippen LogP contribution is -2.27. The molecule has 0 amide bonds. The fourth-order valence-corrected chi connectivity index (χ4v) is 6.00. The SMILES string of the molecule is COC(=O)c1nc(-c2ccccc2)c(N2CCCCCC2)nc1N.COC(=O)c1nc(Cl)c(N2CCCCCC2)nc1N.OC(O)c1ccccc1. The Hall–Kier alpha value is -5.05. The van der Waals surface area contributed by atoms with E-state index in [4.69, 9.17) is 38.0 Å². The van der Waals surface area contributed by atoms with E-state index in [-0.39, 0.29) is 28.2 Å². The van der Waals surface area contributed by atoms with Crippen LogP contribution in [0.2, 0.25) is 5.15 Å². The molecule has 2 fully saturated rings. The summed E-state index contributed by atoms with van der Waals surface area (Å²) in [6.07, 6.45) is 7.94. The van der Waals surface area contributed by atoms with Crippen molar-refractivity contribution in [2.75, 3.05) is 61.7 Å². The first kappa shape index (κ1) is 39.7. The Balaban J connectivity index is 0.000000192. The third-order valence-electron chi connectivity index (χ3n) is 8.48. The smallest absolute Gasteiger partial charge is 0.360 e. The zero-order valence-electron chi connectivity index (χ0n) is 29.6. The summed E-state index contributed by atoms with van der Waals surface area (Å²) in [6.45, 7) is 3.61. The molecular formula is C37H47ClN8O6. The first-order valence-electron chi connectivity index (χ1n) is 17.3. The van der Waals surface area contributed by atoms with E-state index >= 15 is 0 Å². The van der Waals surface area contributed by atoms with Crippen LogP contribution in [0.3, 0.4) is 0 Å². The minimum atomic E-state index is -1.34. The number of hydrogen-bond acceptors (Lipinski definition) is 14. The molecule has 4 heterocycles. The molecule has 4 aromatic rings. The number of rotatable bonds is 6. The Morgan fingerprint density at radius 1 is 0.654 bits per heavy atom. The maximum atomic E-state index is 11.9. The third kappa shape index (κ3) is 11.0. The van der Waals surface area contributed by atoms with E-state index < -0.39 is 18.2 Å². The summed E-state index contributed by atoms with van der Waals surface area (Å²) in [5.74, 6) is 0.257. The number of aliphatic hydroxyl groups excluding tert-OH is 1. The summed E-state index contributed by atoms with van der Waals surface area (Å²) in [6, 6.07) is 18.4. The lowest BCUT2D eigenvalue weighted by Gasteiger charge is -2.24. The number of nitrogens with zero attached hydrogens (tertiary/aromatic N) is 6. The number of esters is 2.